The molecule has 1 aliphatic rings. The maximum absolute atomic E-state index is 12.4. The van der Waals surface area contributed by atoms with Crippen LogP contribution in [0.4, 0.5) is 0 Å². The standard InChI is InChI=1S/C10H18N4O2S/c1-3-9-12-7-10(13-9)17(15,16)14(4-2)8-5-11-6-8/h7-8,11H,3-6H2,1-2H3,(H,12,13). The Labute approximate surface area is 101 Å². The van der Waals surface area contributed by atoms with Crippen molar-refractivity contribution in [3.8, 4) is 0 Å². The van der Waals surface area contributed by atoms with Crippen LogP contribution in [0.1, 0.15) is 19.7 Å². The fourth-order valence-corrected chi connectivity index (χ4v) is 3.45. The Morgan fingerprint density at radius 2 is 2.18 bits per heavy atom. The zero-order valence-electron chi connectivity index (χ0n) is 10.1. The Morgan fingerprint density at radius 1 is 1.47 bits per heavy atom. The van der Waals surface area contributed by atoms with Crippen molar-refractivity contribution < 1.29 is 8.42 Å². The number of rotatable bonds is 5. The first kappa shape index (κ1) is 12.5. The number of aromatic nitrogens is 2. The Kier molecular flexibility index (Phi) is 3.50. The van der Waals surface area contributed by atoms with Crippen LogP contribution in [-0.2, 0) is 16.4 Å². The highest BCUT2D eigenvalue weighted by Crippen LogP contribution is 2.18. The summed E-state index contributed by atoms with van der Waals surface area (Å²) in [6.07, 6.45) is 2.11. The smallest absolute Gasteiger partial charge is 0.260 e. The molecular weight excluding hydrogens is 240 g/mol. The molecule has 2 heterocycles. The molecule has 96 valence electrons. The lowest BCUT2D eigenvalue weighted by Crippen LogP contribution is -2.58. The third-order valence-electron chi connectivity index (χ3n) is 3.01. The number of hydrogen-bond acceptors (Lipinski definition) is 4. The van der Waals surface area contributed by atoms with Crippen molar-refractivity contribution in [1.82, 2.24) is 19.6 Å². The van der Waals surface area contributed by atoms with E-state index in [1.165, 1.54) is 10.5 Å². The van der Waals surface area contributed by atoms with Gasteiger partial charge in [0.1, 0.15) is 5.82 Å². The molecule has 2 rings (SSSR count). The fourth-order valence-electron chi connectivity index (χ4n) is 1.88. The third-order valence-corrected chi connectivity index (χ3v) is 4.94. The maximum atomic E-state index is 12.4. The Hall–Kier alpha value is -0.920. The van der Waals surface area contributed by atoms with E-state index in [1.54, 1.807) is 0 Å². The summed E-state index contributed by atoms with van der Waals surface area (Å²) in [5, 5.41) is 3.28. The van der Waals surface area contributed by atoms with Crippen molar-refractivity contribution in [2.75, 3.05) is 19.6 Å². The van der Waals surface area contributed by atoms with E-state index in [0.717, 1.165) is 13.1 Å². The molecule has 6 nitrogen and oxygen atoms in total. The molecule has 0 spiro atoms. The van der Waals surface area contributed by atoms with Gasteiger partial charge in [0.05, 0.1) is 12.2 Å². The van der Waals surface area contributed by atoms with Gasteiger partial charge in [-0.15, -0.1) is 0 Å². The van der Waals surface area contributed by atoms with Crippen molar-refractivity contribution in [3.63, 3.8) is 0 Å². The topological polar surface area (TPSA) is 78.1 Å². The van der Waals surface area contributed by atoms with E-state index in [-0.39, 0.29) is 11.1 Å². The average Bonchev–Trinajstić information content (AvgIpc) is 2.71. The zero-order valence-corrected chi connectivity index (χ0v) is 10.9. The van der Waals surface area contributed by atoms with Crippen molar-refractivity contribution in [1.29, 1.82) is 0 Å². The summed E-state index contributed by atoms with van der Waals surface area (Å²) in [5.41, 5.74) is 0. The number of likely N-dealkylation sites (N-methyl/N-ethyl adjacent to an activating group) is 1. The molecule has 2 N–H and O–H groups in total. The van der Waals surface area contributed by atoms with Crippen LogP contribution in [0.5, 0.6) is 0 Å². The predicted octanol–water partition coefficient (Wildman–Crippen LogP) is -0.0455. The van der Waals surface area contributed by atoms with E-state index < -0.39 is 10.0 Å². The summed E-state index contributed by atoms with van der Waals surface area (Å²) in [6, 6.07) is 0.0679. The van der Waals surface area contributed by atoms with Crippen LogP contribution in [0.2, 0.25) is 0 Å². The summed E-state index contributed by atoms with van der Waals surface area (Å²) < 4.78 is 26.2. The van der Waals surface area contributed by atoms with Gasteiger partial charge in [-0.05, 0) is 0 Å². The lowest BCUT2D eigenvalue weighted by atomic mass is 10.2. The summed E-state index contributed by atoms with van der Waals surface area (Å²) in [5.74, 6) is 0.700. The third kappa shape index (κ3) is 2.22. The van der Waals surface area contributed by atoms with Gasteiger partial charge in [0.2, 0.25) is 0 Å². The molecule has 0 unspecified atom stereocenters. The minimum atomic E-state index is -3.43. The predicted molar refractivity (Wildman–Crippen MR) is 64.2 cm³/mol. The van der Waals surface area contributed by atoms with E-state index in [4.69, 9.17) is 0 Å². The van der Waals surface area contributed by atoms with Crippen molar-refractivity contribution in [3.05, 3.63) is 12.0 Å². The summed E-state index contributed by atoms with van der Waals surface area (Å²) >= 11 is 0. The lowest BCUT2D eigenvalue weighted by Gasteiger charge is -2.36. The molecule has 1 fully saturated rings. The second-order valence-electron chi connectivity index (χ2n) is 4.07. The molecule has 0 bridgehead atoms. The highest BCUT2D eigenvalue weighted by molar-refractivity contribution is 7.89. The highest BCUT2D eigenvalue weighted by atomic mass is 32.2. The van der Waals surface area contributed by atoms with Crippen LogP contribution < -0.4 is 5.32 Å². The molecular formula is C10H18N4O2S. The second kappa shape index (κ2) is 4.75. The average molecular weight is 258 g/mol. The van der Waals surface area contributed by atoms with E-state index in [9.17, 15) is 8.42 Å². The van der Waals surface area contributed by atoms with Gasteiger partial charge in [0, 0.05) is 26.1 Å². The van der Waals surface area contributed by atoms with Crippen LogP contribution >= 0.6 is 0 Å². The van der Waals surface area contributed by atoms with Crippen LogP contribution in [0.15, 0.2) is 11.2 Å². The van der Waals surface area contributed by atoms with E-state index >= 15 is 0 Å². The maximum Gasteiger partial charge on any atom is 0.260 e. The summed E-state index contributed by atoms with van der Waals surface area (Å²) in [6.45, 7) is 5.72. The minimum Gasteiger partial charge on any atom is -0.332 e. The molecule has 0 atom stereocenters. The van der Waals surface area contributed by atoms with Gasteiger partial charge < -0.3 is 10.3 Å². The first-order chi connectivity index (χ1) is 8.09. The van der Waals surface area contributed by atoms with Gasteiger partial charge in [0.25, 0.3) is 10.0 Å². The molecule has 0 saturated carbocycles. The van der Waals surface area contributed by atoms with Crippen molar-refractivity contribution >= 4 is 10.0 Å². The summed E-state index contributed by atoms with van der Waals surface area (Å²) in [4.78, 5) is 6.90. The zero-order chi connectivity index (χ0) is 12.5. The van der Waals surface area contributed by atoms with Gasteiger partial charge in [-0.2, -0.15) is 4.31 Å². The van der Waals surface area contributed by atoms with Gasteiger partial charge in [0.15, 0.2) is 5.03 Å². The quantitative estimate of drug-likeness (QED) is 0.776. The van der Waals surface area contributed by atoms with Gasteiger partial charge in [-0.25, -0.2) is 13.4 Å². The highest BCUT2D eigenvalue weighted by Gasteiger charge is 2.34. The molecule has 0 aliphatic carbocycles. The van der Waals surface area contributed by atoms with Crippen molar-refractivity contribution in [2.24, 2.45) is 0 Å². The number of aromatic amines is 1. The number of aryl methyl sites for hydroxylation is 1. The number of H-pyrrole nitrogens is 1. The van der Waals surface area contributed by atoms with Crippen molar-refractivity contribution in [2.45, 2.75) is 31.3 Å². The molecule has 17 heavy (non-hydrogen) atoms. The fraction of sp³-hybridized carbons (Fsp3) is 0.700. The minimum absolute atomic E-state index is 0.0679. The molecule has 7 heteroatoms. The monoisotopic (exact) mass is 258 g/mol. The Bertz CT molecular complexity index is 478. The first-order valence-corrected chi connectivity index (χ1v) is 7.30. The van der Waals surface area contributed by atoms with Crippen LogP contribution in [0.3, 0.4) is 0 Å². The van der Waals surface area contributed by atoms with Gasteiger partial charge in [-0.3, -0.25) is 0 Å². The van der Waals surface area contributed by atoms with E-state index in [2.05, 4.69) is 15.3 Å². The summed E-state index contributed by atoms with van der Waals surface area (Å²) in [7, 11) is -3.43. The number of imidazole rings is 1. The molecule has 1 aliphatic heterocycles. The number of sulfonamides is 1. The lowest BCUT2D eigenvalue weighted by molar-refractivity contribution is 0.249. The SMILES string of the molecule is CCc1ncc(S(=O)(=O)N(CC)C2CNC2)[nH]1. The Balaban J connectivity index is 2.27. The van der Waals surface area contributed by atoms with E-state index in [0.29, 0.717) is 18.8 Å². The molecule has 1 saturated heterocycles. The molecule has 0 radical (unpaired) electrons. The second-order valence-corrected chi connectivity index (χ2v) is 5.93. The Morgan fingerprint density at radius 3 is 2.59 bits per heavy atom. The van der Waals surface area contributed by atoms with E-state index in [1.807, 2.05) is 13.8 Å². The number of nitrogens with one attached hydrogen (secondary N) is 2. The molecule has 1 aromatic rings. The van der Waals surface area contributed by atoms with Crippen LogP contribution in [0, 0.1) is 0 Å². The molecule has 1 aromatic heterocycles. The van der Waals surface area contributed by atoms with Crippen LogP contribution in [0.25, 0.3) is 0 Å². The normalized spacial score (nSPS) is 17.4. The number of hydrogen-bond donors (Lipinski definition) is 2. The van der Waals surface area contributed by atoms with Gasteiger partial charge in [-0.1, -0.05) is 13.8 Å². The largest absolute Gasteiger partial charge is 0.332 e. The number of nitrogens with zero attached hydrogens (tertiary/aromatic N) is 2. The first-order valence-electron chi connectivity index (χ1n) is 5.86. The molecule has 0 aromatic carbocycles. The van der Waals surface area contributed by atoms with Crippen LogP contribution in [-0.4, -0.2) is 48.4 Å². The van der Waals surface area contributed by atoms with Gasteiger partial charge >= 0.3 is 0 Å². The molecule has 0 amide bonds.